The van der Waals surface area contributed by atoms with Crippen molar-refractivity contribution < 1.29 is 9.90 Å². The van der Waals surface area contributed by atoms with Gasteiger partial charge in [-0.2, -0.15) is 11.8 Å². The highest BCUT2D eigenvalue weighted by Crippen LogP contribution is 2.27. The summed E-state index contributed by atoms with van der Waals surface area (Å²) in [7, 11) is 0. The van der Waals surface area contributed by atoms with Crippen LogP contribution in [0.2, 0.25) is 5.02 Å². The number of hydrogen-bond donors (Lipinski definition) is 2. The number of carboxylic acid groups (broad SMARTS) is 1. The first-order chi connectivity index (χ1) is 8.16. The van der Waals surface area contributed by atoms with Crippen LogP contribution in [-0.2, 0) is 0 Å². The Balaban J connectivity index is 1.98. The van der Waals surface area contributed by atoms with E-state index in [0.717, 1.165) is 6.54 Å². The first-order valence-electron chi connectivity index (χ1n) is 5.41. The van der Waals surface area contributed by atoms with Gasteiger partial charge in [0.15, 0.2) is 0 Å². The van der Waals surface area contributed by atoms with Crippen LogP contribution in [0.15, 0.2) is 12.3 Å². The molecule has 1 fully saturated rings. The number of nitrogens with zero attached hydrogens (tertiary/aromatic N) is 1. The minimum absolute atomic E-state index is 0.107. The van der Waals surface area contributed by atoms with E-state index in [1.165, 1.54) is 30.9 Å². The summed E-state index contributed by atoms with van der Waals surface area (Å²) < 4.78 is 0. The van der Waals surface area contributed by atoms with E-state index in [4.69, 9.17) is 16.7 Å². The summed E-state index contributed by atoms with van der Waals surface area (Å²) in [5.74, 6) is 0.757. The van der Waals surface area contributed by atoms with Gasteiger partial charge in [-0.05, 0) is 24.7 Å². The fourth-order valence-electron chi connectivity index (χ4n) is 1.70. The monoisotopic (exact) mass is 272 g/mol. The van der Waals surface area contributed by atoms with E-state index >= 15 is 0 Å². The Labute approximate surface area is 109 Å². The van der Waals surface area contributed by atoms with Crippen molar-refractivity contribution in [3.63, 3.8) is 0 Å². The topological polar surface area (TPSA) is 62.2 Å². The Bertz CT molecular complexity index is 422. The third-order valence-electron chi connectivity index (χ3n) is 2.61. The molecule has 2 heterocycles. The second-order valence-corrected chi connectivity index (χ2v) is 5.69. The number of halogens is 1. The Morgan fingerprint density at radius 2 is 2.53 bits per heavy atom. The summed E-state index contributed by atoms with van der Waals surface area (Å²) >= 11 is 7.91. The lowest BCUT2D eigenvalue weighted by Gasteiger charge is -2.11. The van der Waals surface area contributed by atoms with E-state index in [9.17, 15) is 4.79 Å². The minimum atomic E-state index is -1.02. The maximum atomic E-state index is 10.7. The SMILES string of the molecule is O=C(O)c1cnc(NCC2CCCS2)c(Cl)c1. The number of nitrogens with one attached hydrogen (secondary N) is 1. The molecule has 1 aliphatic rings. The standard InChI is InChI=1S/C11H13ClN2O2S/c12-9-4-7(11(15)16)5-13-10(9)14-6-8-2-1-3-17-8/h4-5,8H,1-3,6H2,(H,13,14)(H,15,16). The predicted molar refractivity (Wildman–Crippen MR) is 70.2 cm³/mol. The van der Waals surface area contributed by atoms with Crippen molar-refractivity contribution in [3.05, 3.63) is 22.8 Å². The molecule has 0 amide bonds. The van der Waals surface area contributed by atoms with Gasteiger partial charge in [-0.15, -0.1) is 0 Å². The Kier molecular flexibility index (Phi) is 4.12. The number of pyridine rings is 1. The first kappa shape index (κ1) is 12.5. The highest BCUT2D eigenvalue weighted by Gasteiger charge is 2.16. The zero-order chi connectivity index (χ0) is 12.3. The smallest absolute Gasteiger partial charge is 0.337 e. The molecule has 17 heavy (non-hydrogen) atoms. The second kappa shape index (κ2) is 5.60. The van der Waals surface area contributed by atoms with E-state index in [-0.39, 0.29) is 5.56 Å². The molecule has 6 heteroatoms. The molecule has 1 atom stereocenters. The van der Waals surface area contributed by atoms with E-state index in [2.05, 4.69) is 10.3 Å². The average Bonchev–Trinajstić information content (AvgIpc) is 2.80. The maximum Gasteiger partial charge on any atom is 0.337 e. The molecule has 1 aromatic rings. The quantitative estimate of drug-likeness (QED) is 0.882. The maximum absolute atomic E-state index is 10.7. The van der Waals surface area contributed by atoms with Crippen LogP contribution in [0.3, 0.4) is 0 Å². The van der Waals surface area contributed by atoms with Crippen molar-refractivity contribution >= 4 is 35.1 Å². The summed E-state index contributed by atoms with van der Waals surface area (Å²) in [4.78, 5) is 14.7. The lowest BCUT2D eigenvalue weighted by molar-refractivity contribution is 0.0696. The van der Waals surface area contributed by atoms with E-state index in [1.807, 2.05) is 11.8 Å². The molecule has 2 N–H and O–H groups in total. The van der Waals surface area contributed by atoms with E-state index < -0.39 is 5.97 Å². The Morgan fingerprint density at radius 1 is 1.71 bits per heavy atom. The van der Waals surface area contributed by atoms with Crippen LogP contribution in [-0.4, -0.2) is 33.6 Å². The van der Waals surface area contributed by atoms with Crippen LogP contribution in [0.5, 0.6) is 0 Å². The highest BCUT2D eigenvalue weighted by molar-refractivity contribution is 8.00. The number of carboxylic acids is 1. The molecular formula is C11H13ClN2O2S. The number of hydrogen-bond acceptors (Lipinski definition) is 4. The molecule has 0 aliphatic carbocycles. The Morgan fingerprint density at radius 3 is 3.12 bits per heavy atom. The lowest BCUT2D eigenvalue weighted by Crippen LogP contribution is -2.15. The number of thioether (sulfide) groups is 1. The van der Waals surface area contributed by atoms with Crippen molar-refractivity contribution in [1.29, 1.82) is 0 Å². The summed E-state index contributed by atoms with van der Waals surface area (Å²) in [6.45, 7) is 0.823. The van der Waals surface area contributed by atoms with Crippen LogP contribution in [0.1, 0.15) is 23.2 Å². The van der Waals surface area contributed by atoms with Gasteiger partial charge in [0.1, 0.15) is 5.82 Å². The van der Waals surface area contributed by atoms with Crippen LogP contribution in [0, 0.1) is 0 Å². The fourth-order valence-corrected chi connectivity index (χ4v) is 3.14. The zero-order valence-electron chi connectivity index (χ0n) is 9.15. The van der Waals surface area contributed by atoms with Crippen LogP contribution < -0.4 is 5.32 Å². The van der Waals surface area contributed by atoms with Crippen LogP contribution in [0.25, 0.3) is 0 Å². The van der Waals surface area contributed by atoms with Gasteiger partial charge in [-0.25, -0.2) is 9.78 Å². The van der Waals surface area contributed by atoms with Crippen molar-refractivity contribution in [2.45, 2.75) is 18.1 Å². The van der Waals surface area contributed by atoms with Gasteiger partial charge in [0.05, 0.1) is 10.6 Å². The third-order valence-corrected chi connectivity index (χ3v) is 4.30. The molecule has 0 radical (unpaired) electrons. The van der Waals surface area contributed by atoms with Crippen molar-refractivity contribution in [3.8, 4) is 0 Å². The molecule has 1 aliphatic heterocycles. The number of rotatable bonds is 4. The largest absolute Gasteiger partial charge is 0.478 e. The van der Waals surface area contributed by atoms with Crippen molar-refractivity contribution in [2.75, 3.05) is 17.6 Å². The minimum Gasteiger partial charge on any atom is -0.478 e. The molecule has 0 aromatic carbocycles. The molecule has 0 spiro atoms. The summed E-state index contributed by atoms with van der Waals surface area (Å²) in [5, 5.41) is 12.9. The molecule has 1 unspecified atom stereocenters. The summed E-state index contributed by atoms with van der Waals surface area (Å²) in [6.07, 6.45) is 3.79. The van der Waals surface area contributed by atoms with Crippen LogP contribution in [0.4, 0.5) is 5.82 Å². The second-order valence-electron chi connectivity index (χ2n) is 3.88. The molecule has 1 aromatic heterocycles. The van der Waals surface area contributed by atoms with Gasteiger partial charge in [-0.3, -0.25) is 0 Å². The lowest BCUT2D eigenvalue weighted by atomic mass is 10.2. The molecule has 4 nitrogen and oxygen atoms in total. The van der Waals surface area contributed by atoms with Gasteiger partial charge < -0.3 is 10.4 Å². The van der Waals surface area contributed by atoms with Gasteiger partial charge in [0.2, 0.25) is 0 Å². The summed E-state index contributed by atoms with van der Waals surface area (Å²) in [5.41, 5.74) is 0.107. The zero-order valence-corrected chi connectivity index (χ0v) is 10.7. The number of carbonyl (C=O) groups is 1. The first-order valence-corrected chi connectivity index (χ1v) is 6.84. The van der Waals surface area contributed by atoms with Crippen LogP contribution >= 0.6 is 23.4 Å². The Hall–Kier alpha value is -0.940. The normalized spacial score (nSPS) is 19.2. The van der Waals surface area contributed by atoms with Gasteiger partial charge >= 0.3 is 5.97 Å². The summed E-state index contributed by atoms with van der Waals surface area (Å²) in [6, 6.07) is 1.42. The molecule has 0 bridgehead atoms. The van der Waals surface area contributed by atoms with Gasteiger partial charge in [-0.1, -0.05) is 11.6 Å². The molecule has 2 rings (SSSR count). The highest BCUT2D eigenvalue weighted by atomic mass is 35.5. The predicted octanol–water partition coefficient (Wildman–Crippen LogP) is 2.74. The van der Waals surface area contributed by atoms with E-state index in [0.29, 0.717) is 16.1 Å². The fraction of sp³-hybridized carbons (Fsp3) is 0.455. The van der Waals surface area contributed by atoms with Crippen molar-refractivity contribution in [2.24, 2.45) is 0 Å². The van der Waals surface area contributed by atoms with E-state index in [1.54, 1.807) is 0 Å². The van der Waals surface area contributed by atoms with Gasteiger partial charge in [0.25, 0.3) is 0 Å². The molecule has 92 valence electrons. The number of anilines is 1. The molecule has 0 saturated carbocycles. The molecule has 1 saturated heterocycles. The number of aromatic nitrogens is 1. The molecular weight excluding hydrogens is 260 g/mol. The average molecular weight is 273 g/mol. The third kappa shape index (κ3) is 3.26. The van der Waals surface area contributed by atoms with Crippen molar-refractivity contribution in [1.82, 2.24) is 4.98 Å². The number of aromatic carboxylic acids is 1. The van der Waals surface area contributed by atoms with Gasteiger partial charge in [0, 0.05) is 18.0 Å².